The van der Waals surface area contributed by atoms with E-state index in [2.05, 4.69) is 10.3 Å². The van der Waals surface area contributed by atoms with Crippen LogP contribution >= 0.6 is 22.9 Å². The largest absolute Gasteiger partial charge is 0.355 e. The average molecular weight is 299 g/mol. The first-order chi connectivity index (χ1) is 9.24. The molecular weight excluding hydrogens is 280 g/mol. The summed E-state index contributed by atoms with van der Waals surface area (Å²) >= 11 is 7.22. The molecule has 0 radical (unpaired) electrons. The monoisotopic (exact) mass is 298 g/mol. The summed E-state index contributed by atoms with van der Waals surface area (Å²) in [6.07, 6.45) is 5.89. The first-order valence-electron chi connectivity index (χ1n) is 7.00. The van der Waals surface area contributed by atoms with Crippen molar-refractivity contribution < 1.29 is 4.79 Å². The molecule has 3 unspecified atom stereocenters. The number of nitrogens with zero attached hydrogens (tertiary/aromatic N) is 1. The Bertz CT molecular complexity index is 462. The Hall–Kier alpha value is -0.610. The van der Waals surface area contributed by atoms with Gasteiger partial charge in [-0.25, -0.2) is 4.98 Å². The Morgan fingerprint density at radius 2 is 2.37 bits per heavy atom. The van der Waals surface area contributed by atoms with Crippen molar-refractivity contribution >= 4 is 28.8 Å². The number of amides is 1. The highest BCUT2D eigenvalue weighted by Crippen LogP contribution is 2.47. The minimum absolute atomic E-state index is 0.0956. The summed E-state index contributed by atoms with van der Waals surface area (Å²) in [7, 11) is 0. The molecule has 3 nitrogen and oxygen atoms in total. The maximum absolute atomic E-state index is 11.9. The van der Waals surface area contributed by atoms with E-state index in [1.165, 1.54) is 37.0 Å². The number of thiazole rings is 1. The molecule has 0 spiro atoms. The number of nitrogens with one attached hydrogen (secondary N) is 1. The van der Waals surface area contributed by atoms with Gasteiger partial charge in [0, 0.05) is 11.9 Å². The lowest BCUT2D eigenvalue weighted by molar-refractivity contribution is -0.120. The lowest BCUT2D eigenvalue weighted by Crippen LogP contribution is -2.32. The van der Waals surface area contributed by atoms with Gasteiger partial charge in [-0.3, -0.25) is 4.79 Å². The molecule has 1 amide bonds. The van der Waals surface area contributed by atoms with Crippen molar-refractivity contribution in [2.45, 2.75) is 38.0 Å². The van der Waals surface area contributed by atoms with E-state index in [0.29, 0.717) is 12.3 Å². The summed E-state index contributed by atoms with van der Waals surface area (Å²) in [4.78, 5) is 16.2. The predicted molar refractivity (Wildman–Crippen MR) is 77.3 cm³/mol. The van der Waals surface area contributed by atoms with Gasteiger partial charge in [0.05, 0.1) is 18.0 Å². The zero-order valence-corrected chi connectivity index (χ0v) is 12.5. The second kappa shape index (κ2) is 5.80. The smallest absolute Gasteiger partial charge is 0.226 e. The summed E-state index contributed by atoms with van der Waals surface area (Å²) in [5, 5.41) is 5.86. The number of carbonyl (C=O) groups is 1. The molecule has 1 heterocycles. The summed E-state index contributed by atoms with van der Waals surface area (Å²) in [6, 6.07) is 0. The molecule has 3 rings (SSSR count). The number of halogens is 1. The van der Waals surface area contributed by atoms with Crippen molar-refractivity contribution in [2.24, 2.45) is 17.8 Å². The first-order valence-corrected chi connectivity index (χ1v) is 8.42. The number of alkyl halides is 1. The van der Waals surface area contributed by atoms with Crippen LogP contribution in [0.1, 0.15) is 36.4 Å². The molecular formula is C14H19ClN2OS. The van der Waals surface area contributed by atoms with Crippen molar-refractivity contribution in [3.05, 3.63) is 16.1 Å². The van der Waals surface area contributed by atoms with Crippen LogP contribution in [0, 0.1) is 17.8 Å². The second-order valence-electron chi connectivity index (χ2n) is 5.78. The van der Waals surface area contributed by atoms with Crippen LogP contribution in [0.25, 0.3) is 0 Å². The van der Waals surface area contributed by atoms with E-state index in [4.69, 9.17) is 11.6 Å². The van der Waals surface area contributed by atoms with Crippen LogP contribution in [0.3, 0.4) is 0 Å². The SMILES string of the molecule is O=C(Cc1nc(CCl)cs1)NCC1CC2CCC1C2. The molecule has 1 aromatic rings. The van der Waals surface area contributed by atoms with Gasteiger partial charge in [-0.15, -0.1) is 22.9 Å². The van der Waals surface area contributed by atoms with Gasteiger partial charge >= 0.3 is 0 Å². The highest BCUT2D eigenvalue weighted by atomic mass is 35.5. The van der Waals surface area contributed by atoms with Gasteiger partial charge in [-0.05, 0) is 37.0 Å². The van der Waals surface area contributed by atoms with Crippen molar-refractivity contribution in [2.75, 3.05) is 6.54 Å². The third-order valence-corrected chi connectivity index (χ3v) is 5.67. The molecule has 2 bridgehead atoms. The van der Waals surface area contributed by atoms with Gasteiger partial charge in [0.2, 0.25) is 5.91 Å². The summed E-state index contributed by atoms with van der Waals surface area (Å²) in [5.74, 6) is 3.05. The number of fused-ring (bicyclic) bond motifs is 2. The molecule has 2 aliphatic carbocycles. The van der Waals surface area contributed by atoms with Gasteiger partial charge in [-0.2, -0.15) is 0 Å². The standard InChI is InChI=1S/C14H19ClN2OS/c15-6-12-8-19-14(17-12)5-13(18)16-7-11-4-9-1-2-10(11)3-9/h8-11H,1-7H2,(H,16,18). The lowest BCUT2D eigenvalue weighted by Gasteiger charge is -2.21. The van der Waals surface area contributed by atoms with E-state index < -0.39 is 0 Å². The molecule has 2 saturated carbocycles. The summed E-state index contributed by atoms with van der Waals surface area (Å²) < 4.78 is 0. The molecule has 104 valence electrons. The van der Waals surface area contributed by atoms with E-state index in [9.17, 15) is 4.79 Å². The van der Waals surface area contributed by atoms with E-state index >= 15 is 0 Å². The zero-order chi connectivity index (χ0) is 13.2. The van der Waals surface area contributed by atoms with Crippen LogP contribution in [-0.2, 0) is 17.1 Å². The quantitative estimate of drug-likeness (QED) is 0.849. The van der Waals surface area contributed by atoms with Crippen molar-refractivity contribution in [3.8, 4) is 0 Å². The van der Waals surface area contributed by atoms with E-state index in [1.54, 1.807) is 0 Å². The van der Waals surface area contributed by atoms with Crippen LogP contribution in [0.4, 0.5) is 0 Å². The molecule has 1 N–H and O–H groups in total. The second-order valence-corrected chi connectivity index (χ2v) is 6.99. The maximum Gasteiger partial charge on any atom is 0.226 e. The van der Waals surface area contributed by atoms with Gasteiger partial charge < -0.3 is 5.32 Å². The zero-order valence-electron chi connectivity index (χ0n) is 10.9. The molecule has 0 saturated heterocycles. The normalized spacial score (nSPS) is 28.8. The lowest BCUT2D eigenvalue weighted by atomic mass is 9.89. The Morgan fingerprint density at radius 1 is 1.47 bits per heavy atom. The highest BCUT2D eigenvalue weighted by molar-refractivity contribution is 7.09. The Balaban J connectivity index is 1.44. The Morgan fingerprint density at radius 3 is 3.00 bits per heavy atom. The minimum Gasteiger partial charge on any atom is -0.355 e. The molecule has 0 aliphatic heterocycles. The number of aromatic nitrogens is 1. The van der Waals surface area contributed by atoms with Crippen LogP contribution in [0.15, 0.2) is 5.38 Å². The summed E-state index contributed by atoms with van der Waals surface area (Å²) in [5.41, 5.74) is 0.863. The fourth-order valence-corrected chi connectivity index (χ4v) is 4.58. The molecule has 19 heavy (non-hydrogen) atoms. The molecule has 0 aromatic carbocycles. The van der Waals surface area contributed by atoms with Gasteiger partial charge in [-0.1, -0.05) is 6.42 Å². The number of rotatable bonds is 5. The maximum atomic E-state index is 11.9. The third-order valence-electron chi connectivity index (χ3n) is 4.49. The average Bonchev–Trinajstić information content (AvgIpc) is 3.12. The highest BCUT2D eigenvalue weighted by Gasteiger charge is 2.39. The van der Waals surface area contributed by atoms with Crippen LogP contribution in [0.2, 0.25) is 0 Å². The van der Waals surface area contributed by atoms with Crippen LogP contribution in [-0.4, -0.2) is 17.4 Å². The number of carbonyl (C=O) groups excluding carboxylic acids is 1. The fraction of sp³-hybridized carbons (Fsp3) is 0.714. The van der Waals surface area contributed by atoms with E-state index in [-0.39, 0.29) is 5.91 Å². The van der Waals surface area contributed by atoms with Crippen LogP contribution < -0.4 is 5.32 Å². The topological polar surface area (TPSA) is 42.0 Å². The predicted octanol–water partition coefficient (Wildman–Crippen LogP) is 2.98. The number of hydrogen-bond donors (Lipinski definition) is 1. The molecule has 2 fully saturated rings. The van der Waals surface area contributed by atoms with Crippen molar-refractivity contribution in [3.63, 3.8) is 0 Å². The summed E-state index contributed by atoms with van der Waals surface area (Å²) in [6.45, 7) is 0.855. The molecule has 2 aliphatic rings. The molecule has 1 aromatic heterocycles. The van der Waals surface area contributed by atoms with Gasteiger partial charge in [0.1, 0.15) is 5.01 Å². The Labute approximate surface area is 122 Å². The Kier molecular flexibility index (Phi) is 4.08. The number of hydrogen-bond acceptors (Lipinski definition) is 3. The van der Waals surface area contributed by atoms with Gasteiger partial charge in [0.15, 0.2) is 0 Å². The molecule has 5 heteroatoms. The minimum atomic E-state index is 0.0956. The first kappa shape index (κ1) is 13.4. The molecule has 3 atom stereocenters. The van der Waals surface area contributed by atoms with E-state index in [0.717, 1.165) is 35.0 Å². The van der Waals surface area contributed by atoms with Gasteiger partial charge in [0.25, 0.3) is 0 Å². The fourth-order valence-electron chi connectivity index (χ4n) is 3.56. The van der Waals surface area contributed by atoms with Crippen molar-refractivity contribution in [1.29, 1.82) is 0 Å². The van der Waals surface area contributed by atoms with Crippen LogP contribution in [0.5, 0.6) is 0 Å². The van der Waals surface area contributed by atoms with Crippen molar-refractivity contribution in [1.82, 2.24) is 10.3 Å². The van der Waals surface area contributed by atoms with E-state index in [1.807, 2.05) is 5.38 Å². The third kappa shape index (κ3) is 3.11.